The normalized spacial score (nSPS) is 9.65. The molecule has 122 valence electrons. The third-order valence-corrected chi connectivity index (χ3v) is 4.19. The lowest BCUT2D eigenvalue weighted by Gasteiger charge is -1.98. The summed E-state index contributed by atoms with van der Waals surface area (Å²) in [7, 11) is 0. The summed E-state index contributed by atoms with van der Waals surface area (Å²) in [5.41, 5.74) is 1.22. The molecule has 5 heteroatoms. The zero-order valence-corrected chi connectivity index (χ0v) is 14.1. The summed E-state index contributed by atoms with van der Waals surface area (Å²) in [4.78, 5) is 34.7. The van der Waals surface area contributed by atoms with Gasteiger partial charge in [-0.3, -0.25) is 9.59 Å². The molecule has 0 saturated carbocycles. The first-order chi connectivity index (χ1) is 11.1. The van der Waals surface area contributed by atoms with Crippen molar-refractivity contribution in [2.24, 2.45) is 0 Å². The topological polar surface area (TPSA) is 71.4 Å². The number of carboxylic acid groups (broad SMARTS) is 1. The summed E-state index contributed by atoms with van der Waals surface area (Å²) in [6, 6.07) is 13.5. The Morgan fingerprint density at radius 2 is 1.61 bits per heavy atom. The zero-order chi connectivity index (χ0) is 17.2. The molecule has 0 radical (unpaired) electrons. The van der Waals surface area contributed by atoms with Gasteiger partial charge in [-0.1, -0.05) is 44.2 Å². The van der Waals surface area contributed by atoms with Gasteiger partial charge in [-0.05, 0) is 30.5 Å². The smallest absolute Gasteiger partial charge is 0.372 e. The molecule has 0 atom stereocenters. The minimum Gasteiger partial charge on any atom is -0.475 e. The molecule has 1 N–H and O–H groups in total. The van der Waals surface area contributed by atoms with Crippen molar-refractivity contribution in [3.63, 3.8) is 0 Å². The summed E-state index contributed by atoms with van der Waals surface area (Å²) in [6.45, 7) is 4.00. The van der Waals surface area contributed by atoms with E-state index in [4.69, 9.17) is 5.11 Å². The quantitative estimate of drug-likeness (QED) is 0.476. The molecule has 2 aromatic rings. The fourth-order valence-corrected chi connectivity index (χ4v) is 2.83. The van der Waals surface area contributed by atoms with Gasteiger partial charge in [0.05, 0.1) is 11.3 Å². The summed E-state index contributed by atoms with van der Waals surface area (Å²) in [6.07, 6.45) is 1.12. The van der Waals surface area contributed by atoms with Gasteiger partial charge < -0.3 is 5.11 Å². The predicted octanol–water partition coefficient (Wildman–Crippen LogP) is 3.79. The van der Waals surface area contributed by atoms with Crippen LogP contribution in [-0.4, -0.2) is 22.6 Å². The van der Waals surface area contributed by atoms with E-state index in [0.717, 1.165) is 17.7 Å². The Balaban J connectivity index is 0.00000127. The van der Waals surface area contributed by atoms with Gasteiger partial charge in [-0.25, -0.2) is 4.79 Å². The maximum Gasteiger partial charge on any atom is 0.372 e. The number of Topliss-reactive ketones (excluding diaryl/α,β-unsaturated/α-hetero) is 2. The van der Waals surface area contributed by atoms with Crippen LogP contribution in [0.5, 0.6) is 0 Å². The second-order valence-electron chi connectivity index (χ2n) is 4.58. The summed E-state index contributed by atoms with van der Waals surface area (Å²) in [5, 5.41) is 8.49. The summed E-state index contributed by atoms with van der Waals surface area (Å²) in [5.74, 6) is -3.07. The van der Waals surface area contributed by atoms with E-state index in [1.165, 1.54) is 16.9 Å². The fraction of sp³-hybridized carbons (Fsp3) is 0.278. The number of aliphatic carboxylic acids is 1. The predicted molar refractivity (Wildman–Crippen MR) is 91.1 cm³/mol. The van der Waals surface area contributed by atoms with Crippen molar-refractivity contribution in [3.05, 3.63) is 57.8 Å². The molecule has 2 rings (SSSR count). The van der Waals surface area contributed by atoms with Gasteiger partial charge >= 0.3 is 5.97 Å². The van der Waals surface area contributed by atoms with Crippen LogP contribution in [0.15, 0.2) is 42.5 Å². The van der Waals surface area contributed by atoms with E-state index in [-0.39, 0.29) is 0 Å². The SMILES string of the molecule is CC.O=C(O)C(=O)CC(=O)c1ccc(CCc2ccccc2)s1. The standard InChI is InChI=1S/C16H14O4S.C2H6/c17-13(10-14(18)16(19)20)15-9-8-12(21-15)7-6-11-4-2-1-3-5-11;1-2/h1-5,8-9H,6-7,10H2,(H,19,20);1-2H3. The van der Waals surface area contributed by atoms with Gasteiger partial charge in [0, 0.05) is 4.88 Å². The number of carboxylic acids is 1. The minimum absolute atomic E-state index is 0.432. The Bertz CT molecular complexity index is 659. The minimum atomic E-state index is -1.57. The molecular weight excluding hydrogens is 312 g/mol. The number of carbonyl (C=O) groups excluding carboxylic acids is 2. The number of hydrogen-bond donors (Lipinski definition) is 1. The zero-order valence-electron chi connectivity index (χ0n) is 13.2. The van der Waals surface area contributed by atoms with Gasteiger partial charge in [0.25, 0.3) is 0 Å². The third-order valence-electron chi connectivity index (χ3n) is 3.00. The largest absolute Gasteiger partial charge is 0.475 e. The van der Waals surface area contributed by atoms with Crippen molar-refractivity contribution in [3.8, 4) is 0 Å². The average Bonchev–Trinajstić information content (AvgIpc) is 3.05. The van der Waals surface area contributed by atoms with E-state index in [0.29, 0.717) is 4.88 Å². The monoisotopic (exact) mass is 332 g/mol. The van der Waals surface area contributed by atoms with Crippen molar-refractivity contribution in [1.82, 2.24) is 0 Å². The Morgan fingerprint density at radius 1 is 0.957 bits per heavy atom. The third kappa shape index (κ3) is 6.16. The highest BCUT2D eigenvalue weighted by molar-refractivity contribution is 7.14. The van der Waals surface area contributed by atoms with Crippen molar-refractivity contribution < 1.29 is 19.5 Å². The first kappa shape index (κ1) is 18.8. The van der Waals surface area contributed by atoms with E-state index >= 15 is 0 Å². The fourth-order valence-electron chi connectivity index (χ4n) is 1.88. The average molecular weight is 332 g/mol. The second-order valence-corrected chi connectivity index (χ2v) is 5.75. The molecule has 0 spiro atoms. The van der Waals surface area contributed by atoms with Crippen LogP contribution in [0.4, 0.5) is 0 Å². The van der Waals surface area contributed by atoms with E-state index in [1.54, 1.807) is 6.07 Å². The molecule has 0 unspecified atom stereocenters. The number of aryl methyl sites for hydroxylation is 2. The maximum absolute atomic E-state index is 11.8. The number of hydrogen-bond acceptors (Lipinski definition) is 4. The van der Waals surface area contributed by atoms with E-state index < -0.39 is 24.0 Å². The van der Waals surface area contributed by atoms with Crippen molar-refractivity contribution >= 4 is 28.9 Å². The van der Waals surface area contributed by atoms with Gasteiger partial charge in [0.1, 0.15) is 0 Å². The molecule has 1 aromatic heterocycles. The highest BCUT2D eigenvalue weighted by atomic mass is 32.1. The first-order valence-electron chi connectivity index (χ1n) is 7.48. The van der Waals surface area contributed by atoms with Crippen LogP contribution < -0.4 is 0 Å². The van der Waals surface area contributed by atoms with Crippen LogP contribution >= 0.6 is 11.3 Å². The molecule has 0 saturated heterocycles. The number of carbonyl (C=O) groups is 3. The molecule has 23 heavy (non-hydrogen) atoms. The molecule has 0 bridgehead atoms. The molecule has 0 amide bonds. The van der Waals surface area contributed by atoms with Crippen LogP contribution in [0.3, 0.4) is 0 Å². The first-order valence-corrected chi connectivity index (χ1v) is 8.30. The number of rotatable bonds is 7. The number of thiophene rings is 1. The summed E-state index contributed by atoms with van der Waals surface area (Å²) < 4.78 is 0. The molecule has 0 aliphatic heterocycles. The maximum atomic E-state index is 11.8. The Labute approximate surface area is 139 Å². The lowest BCUT2D eigenvalue weighted by molar-refractivity contribution is -0.148. The molecule has 4 nitrogen and oxygen atoms in total. The lowest BCUT2D eigenvalue weighted by atomic mass is 10.1. The lowest BCUT2D eigenvalue weighted by Crippen LogP contribution is -2.16. The van der Waals surface area contributed by atoms with Crippen LogP contribution in [0.1, 0.15) is 40.4 Å². The van der Waals surface area contributed by atoms with Crippen molar-refractivity contribution in [2.45, 2.75) is 33.1 Å². The molecule has 0 aliphatic carbocycles. The Kier molecular flexibility index (Phi) is 7.91. The van der Waals surface area contributed by atoms with Gasteiger partial charge in [-0.2, -0.15) is 0 Å². The van der Waals surface area contributed by atoms with Crippen molar-refractivity contribution in [2.75, 3.05) is 0 Å². The van der Waals surface area contributed by atoms with E-state index in [1.807, 2.05) is 50.2 Å². The Morgan fingerprint density at radius 3 is 2.22 bits per heavy atom. The molecule has 0 aliphatic rings. The Hall–Kier alpha value is -2.27. The molecule has 0 fully saturated rings. The van der Waals surface area contributed by atoms with E-state index in [9.17, 15) is 14.4 Å². The molecular formula is C18H20O4S. The highest BCUT2D eigenvalue weighted by Crippen LogP contribution is 2.20. The molecule has 1 heterocycles. The number of ketones is 2. The van der Waals surface area contributed by atoms with Gasteiger partial charge in [0.2, 0.25) is 5.78 Å². The van der Waals surface area contributed by atoms with Gasteiger partial charge in [-0.15, -0.1) is 11.3 Å². The second kappa shape index (κ2) is 9.69. The van der Waals surface area contributed by atoms with Crippen LogP contribution in [0.25, 0.3) is 0 Å². The molecule has 1 aromatic carbocycles. The van der Waals surface area contributed by atoms with Crippen LogP contribution in [-0.2, 0) is 22.4 Å². The van der Waals surface area contributed by atoms with E-state index in [2.05, 4.69) is 0 Å². The van der Waals surface area contributed by atoms with Crippen LogP contribution in [0.2, 0.25) is 0 Å². The van der Waals surface area contributed by atoms with Crippen molar-refractivity contribution in [1.29, 1.82) is 0 Å². The highest BCUT2D eigenvalue weighted by Gasteiger charge is 2.19. The number of benzene rings is 1. The van der Waals surface area contributed by atoms with Gasteiger partial charge in [0.15, 0.2) is 5.78 Å². The van der Waals surface area contributed by atoms with Crippen LogP contribution in [0, 0.1) is 0 Å². The summed E-state index contributed by atoms with van der Waals surface area (Å²) >= 11 is 1.32.